The van der Waals surface area contributed by atoms with Crippen molar-refractivity contribution in [3.8, 4) is 0 Å². The summed E-state index contributed by atoms with van der Waals surface area (Å²) in [6.45, 7) is 4.93. The van der Waals surface area contributed by atoms with Gasteiger partial charge in [0.2, 0.25) is 0 Å². The van der Waals surface area contributed by atoms with Crippen molar-refractivity contribution < 1.29 is 50.9 Å². The van der Waals surface area contributed by atoms with Gasteiger partial charge in [-0.2, -0.15) is 26.3 Å². The van der Waals surface area contributed by atoms with Gasteiger partial charge in [-0.05, 0) is 37.3 Å². The number of aryl methyl sites for hydroxylation is 1. The molecule has 0 radical (unpaired) electrons. The summed E-state index contributed by atoms with van der Waals surface area (Å²) in [6.07, 6.45) is -10.2. The van der Waals surface area contributed by atoms with Crippen molar-refractivity contribution in [3.05, 3.63) is 47.7 Å². The molecular formula is C22H21F6N5O5S. The second-order valence-corrected chi connectivity index (χ2v) is 8.82. The van der Waals surface area contributed by atoms with E-state index in [9.17, 15) is 31.1 Å². The fraction of sp³-hybridized carbons (Fsp3) is 0.318. The zero-order valence-corrected chi connectivity index (χ0v) is 20.8. The molecule has 10 nitrogen and oxygen atoms in total. The van der Waals surface area contributed by atoms with Gasteiger partial charge in [0.25, 0.3) is 5.91 Å². The van der Waals surface area contributed by atoms with Crippen molar-refractivity contribution >= 4 is 50.3 Å². The minimum Gasteiger partial charge on any atom is -0.475 e. The largest absolute Gasteiger partial charge is 0.490 e. The van der Waals surface area contributed by atoms with Crippen LogP contribution < -0.4 is 10.6 Å². The van der Waals surface area contributed by atoms with Crippen molar-refractivity contribution in [3.63, 3.8) is 0 Å². The molecule has 0 saturated carbocycles. The number of aromatic nitrogens is 2. The molecule has 4 N–H and O–H groups in total. The Morgan fingerprint density at radius 2 is 1.44 bits per heavy atom. The van der Waals surface area contributed by atoms with Gasteiger partial charge in [0.1, 0.15) is 5.82 Å². The molecule has 2 aromatic heterocycles. The third-order valence-electron chi connectivity index (χ3n) is 4.90. The molecule has 1 amide bonds. The molecular weight excluding hydrogens is 560 g/mol. The molecule has 3 heterocycles. The van der Waals surface area contributed by atoms with Gasteiger partial charge in [0.15, 0.2) is 5.13 Å². The van der Waals surface area contributed by atoms with Crippen LogP contribution in [0.15, 0.2) is 36.4 Å². The molecule has 39 heavy (non-hydrogen) atoms. The average Bonchev–Trinajstić information content (AvgIpc) is 3.22. The number of carboxylic acids is 2. The number of anilines is 2. The van der Waals surface area contributed by atoms with Crippen LogP contribution in [0, 0.1) is 6.92 Å². The number of aliphatic carboxylic acids is 2. The molecule has 0 aliphatic carbocycles. The number of hydrogen-bond donors (Lipinski definition) is 3. The molecule has 1 aliphatic heterocycles. The Hall–Kier alpha value is -4.15. The number of carboxylic acid groups (broad SMARTS) is 2. The van der Waals surface area contributed by atoms with Crippen molar-refractivity contribution in [2.24, 2.45) is 0 Å². The van der Waals surface area contributed by atoms with E-state index in [1.54, 1.807) is 0 Å². The Morgan fingerprint density at radius 1 is 0.897 bits per heavy atom. The number of nitrogens with zero attached hydrogens (tertiary/aromatic N) is 4. The smallest absolute Gasteiger partial charge is 0.475 e. The summed E-state index contributed by atoms with van der Waals surface area (Å²) in [6, 6.07) is 11.6. The minimum absolute atomic E-state index is 0.0466. The van der Waals surface area contributed by atoms with Gasteiger partial charge in [-0.15, -0.1) is 0 Å². The number of pyridine rings is 1. The molecule has 0 spiro atoms. The molecule has 1 fully saturated rings. The highest BCUT2D eigenvalue weighted by atomic mass is 32.1. The normalized spacial score (nSPS) is 13.6. The first-order valence-electron chi connectivity index (χ1n) is 10.7. The number of alkyl halides is 6. The van der Waals surface area contributed by atoms with Crippen LogP contribution in [0.5, 0.6) is 0 Å². The van der Waals surface area contributed by atoms with E-state index in [0.29, 0.717) is 23.8 Å². The maximum atomic E-state index is 12.8. The number of amides is 1. The van der Waals surface area contributed by atoms with E-state index in [0.717, 1.165) is 34.8 Å². The van der Waals surface area contributed by atoms with Crippen molar-refractivity contribution in [2.45, 2.75) is 19.3 Å². The first-order valence-corrected chi connectivity index (χ1v) is 11.5. The Bertz CT molecular complexity index is 1300. The van der Waals surface area contributed by atoms with E-state index < -0.39 is 24.3 Å². The second kappa shape index (κ2) is 12.6. The second-order valence-electron chi connectivity index (χ2n) is 7.76. The lowest BCUT2D eigenvalue weighted by Crippen LogP contribution is -2.49. The van der Waals surface area contributed by atoms with E-state index >= 15 is 0 Å². The van der Waals surface area contributed by atoms with Crippen LogP contribution in [-0.2, 0) is 9.59 Å². The SMILES string of the molecule is Cc1cccc(N2CCN(C(=O)c3ccc4sc(N)nc4c3)CC2)n1.O=C(O)C(F)(F)F.O=C(O)C(F)(F)F. The molecule has 1 aliphatic rings. The van der Waals surface area contributed by atoms with Crippen LogP contribution >= 0.6 is 11.3 Å². The van der Waals surface area contributed by atoms with Gasteiger partial charge in [0, 0.05) is 37.4 Å². The van der Waals surface area contributed by atoms with Gasteiger partial charge in [-0.1, -0.05) is 17.4 Å². The van der Waals surface area contributed by atoms with E-state index in [2.05, 4.69) is 14.9 Å². The van der Waals surface area contributed by atoms with E-state index in [-0.39, 0.29) is 5.91 Å². The summed E-state index contributed by atoms with van der Waals surface area (Å²) in [5, 5.41) is 14.8. The molecule has 3 aromatic rings. The summed E-state index contributed by atoms with van der Waals surface area (Å²) < 4.78 is 64.5. The number of carbonyl (C=O) groups excluding carboxylic acids is 1. The number of thiazole rings is 1. The average molecular weight is 581 g/mol. The lowest BCUT2D eigenvalue weighted by molar-refractivity contribution is -0.193. The third kappa shape index (κ3) is 9.27. The van der Waals surface area contributed by atoms with E-state index in [1.807, 2.05) is 48.2 Å². The first-order chi connectivity index (χ1) is 18.0. The Kier molecular flexibility index (Phi) is 10.0. The van der Waals surface area contributed by atoms with Crippen molar-refractivity contribution in [2.75, 3.05) is 36.8 Å². The number of hydrogen-bond acceptors (Lipinski definition) is 8. The summed E-state index contributed by atoms with van der Waals surface area (Å²) in [4.78, 5) is 43.5. The lowest BCUT2D eigenvalue weighted by Gasteiger charge is -2.35. The summed E-state index contributed by atoms with van der Waals surface area (Å²) in [7, 11) is 0. The number of benzene rings is 1. The monoisotopic (exact) mass is 581 g/mol. The number of rotatable bonds is 2. The lowest BCUT2D eigenvalue weighted by atomic mass is 10.1. The molecule has 0 atom stereocenters. The number of piperazine rings is 1. The van der Waals surface area contributed by atoms with Crippen LogP contribution in [0.3, 0.4) is 0 Å². The predicted molar refractivity (Wildman–Crippen MR) is 129 cm³/mol. The van der Waals surface area contributed by atoms with Crippen LogP contribution in [0.25, 0.3) is 10.2 Å². The topological polar surface area (TPSA) is 150 Å². The highest BCUT2D eigenvalue weighted by Crippen LogP contribution is 2.25. The number of halogens is 6. The maximum absolute atomic E-state index is 12.8. The highest BCUT2D eigenvalue weighted by Gasteiger charge is 2.38. The van der Waals surface area contributed by atoms with Gasteiger partial charge in [-0.3, -0.25) is 4.79 Å². The van der Waals surface area contributed by atoms with Crippen molar-refractivity contribution in [1.29, 1.82) is 0 Å². The zero-order chi connectivity index (χ0) is 29.5. The van der Waals surface area contributed by atoms with E-state index in [1.165, 1.54) is 11.3 Å². The fourth-order valence-corrected chi connectivity index (χ4v) is 3.82. The molecule has 0 unspecified atom stereocenters. The summed E-state index contributed by atoms with van der Waals surface area (Å²) in [5.41, 5.74) is 8.20. The van der Waals surface area contributed by atoms with Gasteiger partial charge in [-0.25, -0.2) is 19.6 Å². The van der Waals surface area contributed by atoms with Crippen molar-refractivity contribution in [1.82, 2.24) is 14.9 Å². The maximum Gasteiger partial charge on any atom is 0.490 e. The van der Waals surface area contributed by atoms with Gasteiger partial charge < -0.3 is 25.7 Å². The number of fused-ring (bicyclic) bond motifs is 1. The number of nitrogen functional groups attached to an aromatic ring is 1. The summed E-state index contributed by atoms with van der Waals surface area (Å²) >= 11 is 1.44. The zero-order valence-electron chi connectivity index (χ0n) is 20.0. The van der Waals surface area contributed by atoms with Crippen LogP contribution in [0.4, 0.5) is 37.3 Å². The predicted octanol–water partition coefficient (Wildman–Crippen LogP) is 3.81. The number of nitrogens with two attached hydrogens (primary N) is 1. The van der Waals surface area contributed by atoms with Crippen LogP contribution in [0.2, 0.25) is 0 Å². The Morgan fingerprint density at radius 3 is 1.92 bits per heavy atom. The van der Waals surface area contributed by atoms with Gasteiger partial charge >= 0.3 is 24.3 Å². The molecule has 212 valence electrons. The highest BCUT2D eigenvalue weighted by molar-refractivity contribution is 7.22. The van der Waals surface area contributed by atoms with Crippen LogP contribution in [-0.4, -0.2) is 81.5 Å². The fourth-order valence-electron chi connectivity index (χ4n) is 3.10. The van der Waals surface area contributed by atoms with Gasteiger partial charge in [0.05, 0.1) is 10.2 Å². The summed E-state index contributed by atoms with van der Waals surface area (Å²) in [5.74, 6) is -4.49. The van der Waals surface area contributed by atoms with E-state index in [4.69, 9.17) is 25.5 Å². The molecule has 17 heteroatoms. The Balaban J connectivity index is 0.000000317. The Labute approximate surface area is 220 Å². The molecule has 0 bridgehead atoms. The standard InChI is InChI=1S/C18H19N5OS.2C2HF3O2/c1-12-3-2-4-16(20-12)22-7-9-23(10-8-22)17(24)13-5-6-15-14(11-13)21-18(19)25-15;2*3-2(4,5)1(6)7/h2-6,11H,7-10H2,1H3,(H2,19,21);2*(H,6,7). The first kappa shape index (κ1) is 31.1. The quantitative estimate of drug-likeness (QED) is 0.384. The number of carbonyl (C=O) groups is 3. The minimum atomic E-state index is -5.08. The third-order valence-corrected chi connectivity index (χ3v) is 5.77. The molecule has 1 saturated heterocycles. The van der Waals surface area contributed by atoms with Crippen LogP contribution in [0.1, 0.15) is 16.1 Å². The molecule has 4 rings (SSSR count). The molecule has 1 aromatic carbocycles.